The Hall–Kier alpha value is -1.33. The molecule has 2 atom stereocenters. The zero-order chi connectivity index (χ0) is 13.1. The first-order valence-electron chi connectivity index (χ1n) is 6.19. The van der Waals surface area contributed by atoms with Crippen LogP contribution >= 0.6 is 0 Å². The number of aryl methyl sites for hydroxylation is 2. The van der Waals surface area contributed by atoms with Crippen LogP contribution in [0.5, 0.6) is 0 Å². The highest BCUT2D eigenvalue weighted by Crippen LogP contribution is 2.15. The van der Waals surface area contributed by atoms with Gasteiger partial charge in [0.1, 0.15) is 17.6 Å². The summed E-state index contributed by atoms with van der Waals surface area (Å²) in [6.45, 7) is 7.18. The minimum atomic E-state index is -0.135. The van der Waals surface area contributed by atoms with E-state index >= 15 is 0 Å². The summed E-state index contributed by atoms with van der Waals surface area (Å²) in [6, 6.07) is 1.66. The van der Waals surface area contributed by atoms with Crippen LogP contribution in [0.3, 0.4) is 0 Å². The molecule has 100 valence electrons. The molecular weight excluding hydrogens is 234 g/mol. The van der Waals surface area contributed by atoms with Gasteiger partial charge >= 0.3 is 0 Å². The van der Waals surface area contributed by atoms with Gasteiger partial charge in [-0.3, -0.25) is 4.79 Å². The highest BCUT2D eigenvalue weighted by atomic mass is 16.5. The van der Waals surface area contributed by atoms with Crippen LogP contribution in [-0.4, -0.2) is 37.9 Å². The Balaban J connectivity index is 2.00. The summed E-state index contributed by atoms with van der Waals surface area (Å²) in [5.41, 5.74) is 0.578. The molecule has 0 aliphatic carbocycles. The van der Waals surface area contributed by atoms with E-state index in [4.69, 9.17) is 13.9 Å². The second-order valence-corrected chi connectivity index (χ2v) is 4.44. The molecule has 1 fully saturated rings. The summed E-state index contributed by atoms with van der Waals surface area (Å²) >= 11 is 0. The zero-order valence-corrected chi connectivity index (χ0v) is 11.0. The topological polar surface area (TPSA) is 60.7 Å². The third-order valence-electron chi connectivity index (χ3n) is 3.01. The fourth-order valence-electron chi connectivity index (χ4n) is 2.15. The molecule has 0 unspecified atom stereocenters. The second-order valence-electron chi connectivity index (χ2n) is 4.44. The van der Waals surface area contributed by atoms with E-state index in [-0.39, 0.29) is 18.1 Å². The molecule has 1 aliphatic heterocycles. The Morgan fingerprint density at radius 3 is 2.89 bits per heavy atom. The molecule has 0 aromatic carbocycles. The van der Waals surface area contributed by atoms with Crippen molar-refractivity contribution >= 4 is 5.91 Å². The van der Waals surface area contributed by atoms with Crippen molar-refractivity contribution in [2.75, 3.05) is 19.8 Å². The molecule has 0 spiro atoms. The SMILES string of the molecule is CCO[C@H]1COC[C@@H]1NC(=O)c1cc(C)oc1C. The smallest absolute Gasteiger partial charge is 0.255 e. The van der Waals surface area contributed by atoms with Gasteiger partial charge in [-0.2, -0.15) is 0 Å². The number of amides is 1. The third kappa shape index (κ3) is 2.73. The van der Waals surface area contributed by atoms with E-state index in [1.165, 1.54) is 0 Å². The number of hydrogen-bond donors (Lipinski definition) is 1. The normalized spacial score (nSPS) is 23.3. The predicted molar refractivity (Wildman–Crippen MR) is 65.7 cm³/mol. The molecule has 2 heterocycles. The lowest BCUT2D eigenvalue weighted by molar-refractivity contribution is 0.0402. The number of rotatable bonds is 4. The fraction of sp³-hybridized carbons (Fsp3) is 0.615. The van der Waals surface area contributed by atoms with Crippen molar-refractivity contribution < 1.29 is 18.7 Å². The Morgan fingerprint density at radius 1 is 1.50 bits per heavy atom. The Bertz CT molecular complexity index is 427. The van der Waals surface area contributed by atoms with Crippen LogP contribution in [-0.2, 0) is 9.47 Å². The summed E-state index contributed by atoms with van der Waals surface area (Å²) in [5, 5.41) is 2.94. The lowest BCUT2D eigenvalue weighted by Gasteiger charge is -2.18. The van der Waals surface area contributed by atoms with E-state index in [0.29, 0.717) is 31.1 Å². The molecule has 18 heavy (non-hydrogen) atoms. The minimum absolute atomic E-state index is 0.0627. The van der Waals surface area contributed by atoms with Gasteiger partial charge in [-0.1, -0.05) is 0 Å². The van der Waals surface area contributed by atoms with Gasteiger partial charge in [0.25, 0.3) is 5.91 Å². The van der Waals surface area contributed by atoms with Crippen LogP contribution in [0.15, 0.2) is 10.5 Å². The van der Waals surface area contributed by atoms with Gasteiger partial charge in [-0.25, -0.2) is 0 Å². The standard InChI is InChI=1S/C13H19NO4/c1-4-17-12-7-16-6-11(12)14-13(15)10-5-8(2)18-9(10)3/h5,11-12H,4,6-7H2,1-3H3,(H,14,15)/t11-,12-/m0/s1. The van der Waals surface area contributed by atoms with Gasteiger partial charge in [-0.05, 0) is 26.8 Å². The maximum absolute atomic E-state index is 12.1. The highest BCUT2D eigenvalue weighted by Gasteiger charge is 2.30. The average Bonchev–Trinajstić information content (AvgIpc) is 2.87. The molecule has 1 aliphatic rings. The van der Waals surface area contributed by atoms with Crippen LogP contribution in [0.4, 0.5) is 0 Å². The monoisotopic (exact) mass is 253 g/mol. The summed E-state index contributed by atoms with van der Waals surface area (Å²) in [7, 11) is 0. The van der Waals surface area contributed by atoms with Crippen molar-refractivity contribution in [3.05, 3.63) is 23.2 Å². The fourth-order valence-corrected chi connectivity index (χ4v) is 2.15. The van der Waals surface area contributed by atoms with E-state index in [1.54, 1.807) is 13.0 Å². The predicted octanol–water partition coefficient (Wildman–Crippen LogP) is 1.43. The minimum Gasteiger partial charge on any atom is -0.466 e. The van der Waals surface area contributed by atoms with Gasteiger partial charge in [0.05, 0.1) is 24.8 Å². The molecule has 0 saturated carbocycles. The van der Waals surface area contributed by atoms with Crippen molar-refractivity contribution in [3.8, 4) is 0 Å². The number of carbonyl (C=O) groups is 1. The van der Waals surface area contributed by atoms with Crippen LogP contribution in [0, 0.1) is 13.8 Å². The van der Waals surface area contributed by atoms with Gasteiger partial charge < -0.3 is 19.2 Å². The second kappa shape index (κ2) is 5.54. The maximum atomic E-state index is 12.1. The maximum Gasteiger partial charge on any atom is 0.255 e. The van der Waals surface area contributed by atoms with Gasteiger partial charge in [0, 0.05) is 6.61 Å². The molecule has 2 rings (SSSR count). The average molecular weight is 253 g/mol. The zero-order valence-electron chi connectivity index (χ0n) is 11.0. The molecule has 1 aromatic heterocycles. The number of hydrogen-bond acceptors (Lipinski definition) is 4. The molecule has 1 N–H and O–H groups in total. The molecule has 5 nitrogen and oxygen atoms in total. The molecule has 0 bridgehead atoms. The Morgan fingerprint density at radius 2 is 2.28 bits per heavy atom. The first kappa shape index (κ1) is 13.1. The first-order chi connectivity index (χ1) is 8.61. The van der Waals surface area contributed by atoms with Crippen LogP contribution in [0.1, 0.15) is 28.8 Å². The molecule has 1 amide bonds. The quantitative estimate of drug-likeness (QED) is 0.881. The van der Waals surface area contributed by atoms with Crippen molar-refractivity contribution in [2.24, 2.45) is 0 Å². The lowest BCUT2D eigenvalue weighted by Crippen LogP contribution is -2.43. The van der Waals surface area contributed by atoms with Crippen LogP contribution < -0.4 is 5.32 Å². The molecule has 1 saturated heterocycles. The van der Waals surface area contributed by atoms with Crippen LogP contribution in [0.2, 0.25) is 0 Å². The Kier molecular flexibility index (Phi) is 4.04. The van der Waals surface area contributed by atoms with E-state index in [2.05, 4.69) is 5.32 Å². The summed E-state index contributed by atoms with van der Waals surface area (Å²) in [4.78, 5) is 12.1. The largest absolute Gasteiger partial charge is 0.466 e. The van der Waals surface area contributed by atoms with Crippen molar-refractivity contribution in [2.45, 2.75) is 32.9 Å². The molecular formula is C13H19NO4. The number of carbonyl (C=O) groups excluding carboxylic acids is 1. The summed E-state index contributed by atoms with van der Waals surface area (Å²) in [6.07, 6.45) is -0.0627. The van der Waals surface area contributed by atoms with Gasteiger partial charge in [-0.15, -0.1) is 0 Å². The van der Waals surface area contributed by atoms with E-state index in [1.807, 2.05) is 13.8 Å². The van der Waals surface area contributed by atoms with E-state index in [0.717, 1.165) is 5.76 Å². The van der Waals surface area contributed by atoms with Crippen molar-refractivity contribution in [3.63, 3.8) is 0 Å². The van der Waals surface area contributed by atoms with E-state index in [9.17, 15) is 4.79 Å². The molecule has 5 heteroatoms. The van der Waals surface area contributed by atoms with Crippen LogP contribution in [0.25, 0.3) is 0 Å². The Labute approximate surface area is 106 Å². The third-order valence-corrected chi connectivity index (χ3v) is 3.01. The first-order valence-corrected chi connectivity index (χ1v) is 6.19. The summed E-state index contributed by atoms with van der Waals surface area (Å²) in [5.74, 6) is 1.24. The number of ether oxygens (including phenoxy) is 2. The van der Waals surface area contributed by atoms with Crippen molar-refractivity contribution in [1.29, 1.82) is 0 Å². The van der Waals surface area contributed by atoms with Gasteiger partial charge in [0.2, 0.25) is 0 Å². The highest BCUT2D eigenvalue weighted by molar-refractivity contribution is 5.95. The van der Waals surface area contributed by atoms with E-state index < -0.39 is 0 Å². The molecule has 1 aromatic rings. The lowest BCUT2D eigenvalue weighted by atomic mass is 10.1. The summed E-state index contributed by atoms with van der Waals surface area (Å²) < 4.78 is 16.2. The van der Waals surface area contributed by atoms with Crippen molar-refractivity contribution in [1.82, 2.24) is 5.32 Å². The number of nitrogens with one attached hydrogen (secondary N) is 1. The van der Waals surface area contributed by atoms with Gasteiger partial charge in [0.15, 0.2) is 0 Å². The molecule has 0 radical (unpaired) electrons. The number of furan rings is 1.